The van der Waals surface area contributed by atoms with E-state index in [4.69, 9.17) is 15.5 Å². The van der Waals surface area contributed by atoms with Crippen LogP contribution in [-0.4, -0.2) is 58.7 Å². The molecule has 2 aromatic heterocycles. The molecule has 1 amide bonds. The number of likely N-dealkylation sites (tertiary alicyclic amines) is 1. The van der Waals surface area contributed by atoms with Crippen molar-refractivity contribution in [3.05, 3.63) is 86.0 Å². The summed E-state index contributed by atoms with van der Waals surface area (Å²) in [7, 11) is 1.52. The lowest BCUT2D eigenvalue weighted by Gasteiger charge is -2.28. The van der Waals surface area contributed by atoms with Crippen LogP contribution in [0.15, 0.2) is 64.2 Å². The van der Waals surface area contributed by atoms with Crippen LogP contribution in [0.2, 0.25) is 0 Å². The number of aromatic nitrogens is 3. The fraction of sp³-hybridized carbons (Fsp3) is 0.333. The number of carbonyl (C=O) groups is 1. The number of nitrogens with one attached hydrogen (secondary N) is 1. The minimum atomic E-state index is -0.703. The second-order valence-corrected chi connectivity index (χ2v) is 10.3. The normalized spacial score (nSPS) is 15.8. The number of aromatic amines is 1. The molecule has 1 aliphatic heterocycles. The van der Waals surface area contributed by atoms with Crippen molar-refractivity contribution in [1.29, 1.82) is 0 Å². The van der Waals surface area contributed by atoms with Crippen LogP contribution in [0, 0.1) is 0 Å². The van der Waals surface area contributed by atoms with E-state index < -0.39 is 11.2 Å². The van der Waals surface area contributed by atoms with Gasteiger partial charge in [-0.15, -0.1) is 11.3 Å². The zero-order valence-corrected chi connectivity index (χ0v) is 21.9. The van der Waals surface area contributed by atoms with Gasteiger partial charge in [0.25, 0.3) is 5.56 Å². The number of hydrogen-bond acceptors (Lipinski definition) is 8. The topological polar surface area (TPSA) is 127 Å². The molecule has 3 N–H and O–H groups in total. The van der Waals surface area contributed by atoms with Gasteiger partial charge in [0.15, 0.2) is 5.69 Å². The molecule has 0 saturated carbocycles. The summed E-state index contributed by atoms with van der Waals surface area (Å²) in [5, 5.41) is 0.980. The number of benzene rings is 2. The predicted octanol–water partition coefficient (Wildman–Crippen LogP) is 2.59. The molecular formula is C27H30N6O4S. The zero-order valence-electron chi connectivity index (χ0n) is 21.1. The summed E-state index contributed by atoms with van der Waals surface area (Å²) in [5.41, 5.74) is 6.81. The van der Waals surface area contributed by atoms with Crippen molar-refractivity contribution in [3.63, 3.8) is 0 Å². The molecule has 5 rings (SSSR count). The number of anilines is 2. The number of amides is 1. The summed E-state index contributed by atoms with van der Waals surface area (Å²) in [6.07, 6.45) is 1.84. The van der Waals surface area contributed by atoms with Gasteiger partial charge in [-0.25, -0.2) is 9.78 Å². The average molecular weight is 535 g/mol. The Balaban J connectivity index is 1.44. The number of nitrogens with two attached hydrogens (primary N) is 1. The van der Waals surface area contributed by atoms with Crippen molar-refractivity contribution < 1.29 is 9.53 Å². The van der Waals surface area contributed by atoms with Crippen molar-refractivity contribution in [2.45, 2.75) is 25.4 Å². The average Bonchev–Trinajstić information content (AvgIpc) is 3.55. The quantitative estimate of drug-likeness (QED) is 0.338. The van der Waals surface area contributed by atoms with E-state index in [1.807, 2.05) is 54.6 Å². The second-order valence-electron chi connectivity index (χ2n) is 9.25. The Morgan fingerprint density at radius 1 is 1.18 bits per heavy atom. The molecule has 1 atom stereocenters. The first-order valence-corrected chi connectivity index (χ1v) is 13.3. The number of fused-ring (bicyclic) bond motifs is 1. The van der Waals surface area contributed by atoms with Gasteiger partial charge in [0.2, 0.25) is 5.91 Å². The number of carbonyl (C=O) groups excluding carboxylic acids is 1. The van der Waals surface area contributed by atoms with E-state index in [2.05, 4.69) is 9.88 Å². The van der Waals surface area contributed by atoms with Gasteiger partial charge in [-0.3, -0.25) is 24.0 Å². The number of methoxy groups -OCH3 is 1. The summed E-state index contributed by atoms with van der Waals surface area (Å²) in [6.45, 7) is 1.30. The van der Waals surface area contributed by atoms with Crippen molar-refractivity contribution >= 4 is 39.0 Å². The van der Waals surface area contributed by atoms with Crippen molar-refractivity contribution in [3.8, 4) is 0 Å². The summed E-state index contributed by atoms with van der Waals surface area (Å²) < 4.78 is 7.62. The van der Waals surface area contributed by atoms with E-state index in [1.54, 1.807) is 11.3 Å². The maximum atomic E-state index is 13.7. The number of rotatable bonds is 9. The van der Waals surface area contributed by atoms with Gasteiger partial charge in [-0.1, -0.05) is 42.5 Å². The summed E-state index contributed by atoms with van der Waals surface area (Å²) in [4.78, 5) is 50.0. The van der Waals surface area contributed by atoms with E-state index in [-0.39, 0.29) is 49.7 Å². The second kappa shape index (κ2) is 11.3. The molecule has 198 valence electrons. The number of ether oxygens (including phenoxy) is 1. The fourth-order valence-electron chi connectivity index (χ4n) is 4.89. The first-order chi connectivity index (χ1) is 18.5. The van der Waals surface area contributed by atoms with E-state index in [0.717, 1.165) is 40.2 Å². The molecule has 0 radical (unpaired) electrons. The molecule has 10 nitrogen and oxygen atoms in total. The van der Waals surface area contributed by atoms with E-state index in [9.17, 15) is 14.4 Å². The standard InChI is InChI=1S/C27H30N6O4S/c1-37-15-14-32(23-24(28)33(27(36)30-25(23)35)16-18-8-3-2-4-9-18)22(34)17-31-13-7-11-20(31)26-29-19-10-5-6-12-21(19)38-26/h2-6,8-10,12,20H,7,11,13-17,28H2,1H3,(H,30,35,36)/t20-/m1/s1. The highest BCUT2D eigenvalue weighted by Crippen LogP contribution is 2.36. The molecule has 1 fully saturated rings. The lowest BCUT2D eigenvalue weighted by molar-refractivity contribution is -0.120. The monoisotopic (exact) mass is 534 g/mol. The van der Waals surface area contributed by atoms with E-state index >= 15 is 0 Å². The predicted molar refractivity (Wildman–Crippen MR) is 149 cm³/mol. The minimum absolute atomic E-state index is 0.0169. The summed E-state index contributed by atoms with van der Waals surface area (Å²) >= 11 is 1.64. The van der Waals surface area contributed by atoms with Crippen LogP contribution in [0.25, 0.3) is 10.2 Å². The third-order valence-corrected chi connectivity index (χ3v) is 7.92. The number of para-hydroxylation sites is 1. The Bertz CT molecular complexity index is 1510. The Morgan fingerprint density at radius 3 is 2.71 bits per heavy atom. The van der Waals surface area contributed by atoms with Crippen LogP contribution in [0.5, 0.6) is 0 Å². The molecule has 0 spiro atoms. The van der Waals surface area contributed by atoms with Gasteiger partial charge < -0.3 is 15.4 Å². The molecule has 0 bridgehead atoms. The molecule has 4 aromatic rings. The maximum absolute atomic E-state index is 13.7. The molecule has 3 heterocycles. The van der Waals surface area contributed by atoms with E-state index in [1.165, 1.54) is 16.6 Å². The first kappa shape index (κ1) is 25.8. The lowest BCUT2D eigenvalue weighted by Crippen LogP contribution is -2.46. The lowest BCUT2D eigenvalue weighted by atomic mass is 10.2. The third-order valence-electron chi connectivity index (χ3n) is 6.79. The molecule has 0 unspecified atom stereocenters. The molecule has 1 aliphatic rings. The van der Waals surface area contributed by atoms with Crippen molar-refractivity contribution in [1.82, 2.24) is 19.4 Å². The highest BCUT2D eigenvalue weighted by molar-refractivity contribution is 7.18. The van der Waals surface area contributed by atoms with Crippen LogP contribution in [0.1, 0.15) is 29.5 Å². The summed E-state index contributed by atoms with van der Waals surface area (Å²) in [5.74, 6) is -0.353. The molecular weight excluding hydrogens is 504 g/mol. The molecule has 1 saturated heterocycles. The fourth-order valence-corrected chi connectivity index (χ4v) is 6.03. The van der Waals surface area contributed by atoms with Gasteiger partial charge in [0, 0.05) is 13.7 Å². The van der Waals surface area contributed by atoms with Crippen LogP contribution >= 0.6 is 11.3 Å². The van der Waals surface area contributed by atoms with Crippen molar-refractivity contribution in [2.24, 2.45) is 0 Å². The number of hydrogen-bond donors (Lipinski definition) is 2. The van der Waals surface area contributed by atoms with Crippen LogP contribution < -0.4 is 21.9 Å². The first-order valence-electron chi connectivity index (χ1n) is 12.5. The van der Waals surface area contributed by atoms with E-state index in [0.29, 0.717) is 0 Å². The van der Waals surface area contributed by atoms with Gasteiger partial charge >= 0.3 is 5.69 Å². The molecule has 38 heavy (non-hydrogen) atoms. The number of nitrogens with zero attached hydrogens (tertiary/aromatic N) is 4. The highest BCUT2D eigenvalue weighted by Gasteiger charge is 2.33. The molecule has 11 heteroatoms. The number of H-pyrrole nitrogens is 1. The Hall–Kier alpha value is -3.80. The Kier molecular flexibility index (Phi) is 7.68. The minimum Gasteiger partial charge on any atom is -0.383 e. The van der Waals surface area contributed by atoms with Gasteiger partial charge in [0.1, 0.15) is 10.8 Å². The largest absolute Gasteiger partial charge is 0.383 e. The maximum Gasteiger partial charge on any atom is 0.330 e. The van der Waals surface area contributed by atoms with Crippen molar-refractivity contribution in [2.75, 3.05) is 44.0 Å². The number of nitrogen functional groups attached to an aromatic ring is 1. The van der Waals surface area contributed by atoms with Gasteiger partial charge in [0.05, 0.1) is 36.0 Å². The van der Waals surface area contributed by atoms with Crippen LogP contribution in [-0.2, 0) is 16.1 Å². The summed E-state index contributed by atoms with van der Waals surface area (Å²) in [6, 6.07) is 17.3. The SMILES string of the molecule is COCCN(C(=O)CN1CCC[C@@H]1c1nc2ccccc2s1)c1c(N)n(Cc2ccccc2)c(=O)[nH]c1=O. The highest BCUT2D eigenvalue weighted by atomic mass is 32.1. The zero-order chi connectivity index (χ0) is 26.6. The molecule has 2 aromatic carbocycles. The van der Waals surface area contributed by atoms with Gasteiger partial charge in [-0.2, -0.15) is 0 Å². The molecule has 0 aliphatic carbocycles. The van der Waals surface area contributed by atoms with Crippen LogP contribution in [0.3, 0.4) is 0 Å². The number of thiazole rings is 1. The van der Waals surface area contributed by atoms with Gasteiger partial charge in [-0.05, 0) is 37.1 Å². The smallest absolute Gasteiger partial charge is 0.330 e. The Labute approximate surface area is 223 Å². The third kappa shape index (κ3) is 5.26. The Morgan fingerprint density at radius 2 is 1.95 bits per heavy atom. The van der Waals surface area contributed by atoms with Crippen LogP contribution in [0.4, 0.5) is 11.5 Å².